The molecule has 0 aliphatic carbocycles. The van der Waals surface area contributed by atoms with Gasteiger partial charge in [0.2, 0.25) is 5.95 Å². The maximum Gasteiger partial charge on any atom is 0.258 e. The highest BCUT2D eigenvalue weighted by Gasteiger charge is 2.07. The van der Waals surface area contributed by atoms with E-state index in [-0.39, 0.29) is 11.7 Å². The molecule has 0 unspecified atom stereocenters. The fourth-order valence-electron chi connectivity index (χ4n) is 2.23. The van der Waals surface area contributed by atoms with Crippen LogP contribution in [-0.4, -0.2) is 22.4 Å². The lowest BCUT2D eigenvalue weighted by Crippen LogP contribution is -2.14. The van der Waals surface area contributed by atoms with E-state index in [0.717, 1.165) is 12.0 Å². The van der Waals surface area contributed by atoms with Gasteiger partial charge < -0.3 is 10.6 Å². The molecule has 0 bridgehead atoms. The van der Waals surface area contributed by atoms with Crippen LogP contribution >= 0.6 is 0 Å². The van der Waals surface area contributed by atoms with E-state index in [0.29, 0.717) is 23.7 Å². The fourth-order valence-corrected chi connectivity index (χ4v) is 2.23. The molecule has 25 heavy (non-hydrogen) atoms. The molecule has 1 aromatic heterocycles. The van der Waals surface area contributed by atoms with E-state index in [2.05, 4.69) is 20.6 Å². The minimum atomic E-state index is -0.260. The number of benzene rings is 2. The van der Waals surface area contributed by atoms with Crippen molar-refractivity contribution in [2.75, 3.05) is 17.2 Å². The first-order valence-corrected chi connectivity index (χ1v) is 7.87. The van der Waals surface area contributed by atoms with Gasteiger partial charge in [0.05, 0.1) is 5.56 Å². The van der Waals surface area contributed by atoms with Gasteiger partial charge in [-0.05, 0) is 36.2 Å². The number of halogens is 1. The molecule has 0 atom stereocenters. The first-order chi connectivity index (χ1) is 12.2. The zero-order valence-electron chi connectivity index (χ0n) is 13.4. The normalized spacial score (nSPS) is 10.3. The molecule has 1 amide bonds. The molecule has 0 fully saturated rings. The monoisotopic (exact) mass is 336 g/mol. The molecule has 0 radical (unpaired) electrons. The second-order valence-corrected chi connectivity index (χ2v) is 5.42. The minimum Gasteiger partial charge on any atom is -0.354 e. The Morgan fingerprint density at radius 3 is 2.32 bits per heavy atom. The number of nitrogens with one attached hydrogen (secondary N) is 2. The highest BCUT2D eigenvalue weighted by atomic mass is 19.1. The standard InChI is InChI=1S/C19H17FN4O/c20-16-8-6-14(7-9-16)10-11-21-19-22-12-15(13-23-19)18(25)24-17-4-2-1-3-5-17/h1-9,12-13H,10-11H2,(H,24,25)(H,21,22,23). The predicted octanol–water partition coefficient (Wildman–Crippen LogP) is 3.52. The smallest absolute Gasteiger partial charge is 0.258 e. The van der Waals surface area contributed by atoms with E-state index in [1.807, 2.05) is 30.3 Å². The van der Waals surface area contributed by atoms with Crippen LogP contribution in [-0.2, 0) is 6.42 Å². The van der Waals surface area contributed by atoms with Gasteiger partial charge in [0, 0.05) is 24.6 Å². The summed E-state index contributed by atoms with van der Waals surface area (Å²) in [6, 6.07) is 15.6. The van der Waals surface area contributed by atoms with Gasteiger partial charge in [-0.3, -0.25) is 4.79 Å². The van der Waals surface area contributed by atoms with Gasteiger partial charge in [-0.25, -0.2) is 14.4 Å². The van der Waals surface area contributed by atoms with E-state index < -0.39 is 0 Å². The average Bonchev–Trinajstić information content (AvgIpc) is 2.65. The zero-order valence-corrected chi connectivity index (χ0v) is 13.4. The van der Waals surface area contributed by atoms with Crippen molar-refractivity contribution in [2.45, 2.75) is 6.42 Å². The lowest BCUT2D eigenvalue weighted by Gasteiger charge is -2.07. The molecule has 3 aromatic rings. The number of amides is 1. The molecular formula is C19H17FN4O. The zero-order chi connectivity index (χ0) is 17.5. The van der Waals surface area contributed by atoms with Crippen LogP contribution in [0.3, 0.4) is 0 Å². The van der Waals surface area contributed by atoms with Crippen molar-refractivity contribution in [1.82, 2.24) is 9.97 Å². The van der Waals surface area contributed by atoms with Crippen molar-refractivity contribution in [2.24, 2.45) is 0 Å². The molecule has 0 aliphatic heterocycles. The first kappa shape index (κ1) is 16.6. The van der Waals surface area contributed by atoms with E-state index >= 15 is 0 Å². The minimum absolute atomic E-state index is 0.246. The predicted molar refractivity (Wildman–Crippen MR) is 95.0 cm³/mol. The van der Waals surface area contributed by atoms with Crippen molar-refractivity contribution >= 4 is 17.5 Å². The number of rotatable bonds is 6. The Labute approximate surface area is 145 Å². The van der Waals surface area contributed by atoms with Crippen LogP contribution in [0, 0.1) is 5.82 Å². The topological polar surface area (TPSA) is 66.9 Å². The molecule has 2 aromatic carbocycles. The van der Waals surface area contributed by atoms with Crippen LogP contribution in [0.2, 0.25) is 0 Å². The second-order valence-electron chi connectivity index (χ2n) is 5.42. The third kappa shape index (κ3) is 4.84. The summed E-state index contributed by atoms with van der Waals surface area (Å²) in [7, 11) is 0. The van der Waals surface area contributed by atoms with E-state index in [4.69, 9.17) is 0 Å². The second kappa shape index (κ2) is 8.01. The lowest BCUT2D eigenvalue weighted by atomic mass is 10.1. The summed E-state index contributed by atoms with van der Waals surface area (Å²) in [4.78, 5) is 20.4. The lowest BCUT2D eigenvalue weighted by molar-refractivity contribution is 0.102. The van der Waals surface area contributed by atoms with E-state index in [1.54, 1.807) is 12.1 Å². The van der Waals surface area contributed by atoms with Crippen molar-refractivity contribution in [3.63, 3.8) is 0 Å². The van der Waals surface area contributed by atoms with E-state index in [1.165, 1.54) is 24.5 Å². The molecule has 0 spiro atoms. The van der Waals surface area contributed by atoms with Crippen LogP contribution in [0.15, 0.2) is 67.0 Å². The van der Waals surface area contributed by atoms with Gasteiger partial charge in [-0.15, -0.1) is 0 Å². The number of nitrogens with zero attached hydrogens (tertiary/aromatic N) is 2. The molecule has 1 heterocycles. The number of aromatic nitrogens is 2. The van der Waals surface area contributed by atoms with Crippen LogP contribution in [0.25, 0.3) is 0 Å². The Kier molecular flexibility index (Phi) is 5.31. The molecule has 3 rings (SSSR count). The average molecular weight is 336 g/mol. The highest BCUT2D eigenvalue weighted by Crippen LogP contribution is 2.09. The quantitative estimate of drug-likeness (QED) is 0.723. The van der Waals surface area contributed by atoms with Crippen molar-refractivity contribution in [3.05, 3.63) is 83.9 Å². The summed E-state index contributed by atoms with van der Waals surface area (Å²) in [5, 5.41) is 5.85. The van der Waals surface area contributed by atoms with Crippen LogP contribution < -0.4 is 10.6 Å². The van der Waals surface area contributed by atoms with Crippen molar-refractivity contribution < 1.29 is 9.18 Å². The maximum absolute atomic E-state index is 12.8. The Balaban J connectivity index is 1.51. The number of carbonyl (C=O) groups excluding carboxylic acids is 1. The van der Waals surface area contributed by atoms with Crippen molar-refractivity contribution in [1.29, 1.82) is 0 Å². The number of anilines is 2. The third-order valence-corrected chi connectivity index (χ3v) is 3.56. The van der Waals surface area contributed by atoms with Gasteiger partial charge in [-0.1, -0.05) is 30.3 Å². The molecule has 0 saturated carbocycles. The number of para-hydroxylation sites is 1. The van der Waals surface area contributed by atoms with Gasteiger partial charge in [0.25, 0.3) is 5.91 Å². The van der Waals surface area contributed by atoms with Crippen LogP contribution in [0.4, 0.5) is 16.0 Å². The number of hydrogen-bond acceptors (Lipinski definition) is 4. The molecule has 0 aliphatic rings. The fraction of sp³-hybridized carbons (Fsp3) is 0.105. The van der Waals surface area contributed by atoms with Gasteiger partial charge in [-0.2, -0.15) is 0 Å². The van der Waals surface area contributed by atoms with E-state index in [9.17, 15) is 9.18 Å². The highest BCUT2D eigenvalue weighted by molar-refractivity contribution is 6.03. The first-order valence-electron chi connectivity index (χ1n) is 7.87. The van der Waals surface area contributed by atoms with Crippen LogP contribution in [0.1, 0.15) is 15.9 Å². The summed E-state index contributed by atoms with van der Waals surface area (Å²) in [6.07, 6.45) is 3.68. The summed E-state index contributed by atoms with van der Waals surface area (Å²) in [5.41, 5.74) is 2.12. The molecular weight excluding hydrogens is 319 g/mol. The third-order valence-electron chi connectivity index (χ3n) is 3.56. The van der Waals surface area contributed by atoms with Crippen molar-refractivity contribution in [3.8, 4) is 0 Å². The SMILES string of the molecule is O=C(Nc1ccccc1)c1cnc(NCCc2ccc(F)cc2)nc1. The van der Waals surface area contributed by atoms with Gasteiger partial charge >= 0.3 is 0 Å². The largest absolute Gasteiger partial charge is 0.354 e. The summed E-state index contributed by atoms with van der Waals surface area (Å²) >= 11 is 0. The Bertz CT molecular complexity index is 820. The Hall–Kier alpha value is -3.28. The van der Waals surface area contributed by atoms with Gasteiger partial charge in [0.15, 0.2) is 0 Å². The molecule has 126 valence electrons. The molecule has 0 saturated heterocycles. The number of hydrogen-bond donors (Lipinski definition) is 2. The molecule has 5 nitrogen and oxygen atoms in total. The summed E-state index contributed by atoms with van der Waals surface area (Å²) < 4.78 is 12.8. The van der Waals surface area contributed by atoms with Crippen LogP contribution in [0.5, 0.6) is 0 Å². The summed E-state index contributed by atoms with van der Waals surface area (Å²) in [6.45, 7) is 0.612. The Morgan fingerprint density at radius 2 is 1.64 bits per heavy atom. The number of carbonyl (C=O) groups is 1. The summed E-state index contributed by atoms with van der Waals surface area (Å²) in [5.74, 6) is -0.0631. The van der Waals surface area contributed by atoms with Gasteiger partial charge in [0.1, 0.15) is 5.82 Å². The molecule has 6 heteroatoms. The molecule has 2 N–H and O–H groups in total. The maximum atomic E-state index is 12.8. The Morgan fingerprint density at radius 1 is 0.960 bits per heavy atom.